The molecule has 31 heavy (non-hydrogen) atoms. The number of halogens is 3. The Hall–Kier alpha value is -1.69. The number of aliphatic imine (C=N–C) groups is 1. The summed E-state index contributed by atoms with van der Waals surface area (Å²) in [5.74, 6) is -0.654. The van der Waals surface area contributed by atoms with Crippen LogP contribution in [-0.4, -0.2) is 17.4 Å². The smallest absolute Gasteiger partial charge is 0.224 e. The Kier molecular flexibility index (Phi) is 6.06. The van der Waals surface area contributed by atoms with E-state index in [1.807, 2.05) is 24.3 Å². The van der Waals surface area contributed by atoms with Gasteiger partial charge in [0.25, 0.3) is 0 Å². The summed E-state index contributed by atoms with van der Waals surface area (Å²) in [5, 5.41) is 1.61. The molecule has 0 saturated heterocycles. The van der Waals surface area contributed by atoms with Crippen LogP contribution < -0.4 is 4.90 Å². The van der Waals surface area contributed by atoms with Crippen LogP contribution in [0.5, 0.6) is 0 Å². The Bertz CT molecular complexity index is 1110. The highest BCUT2D eigenvalue weighted by Crippen LogP contribution is 2.49. The summed E-state index contributed by atoms with van der Waals surface area (Å²) in [6.45, 7) is 5.68. The van der Waals surface area contributed by atoms with Gasteiger partial charge in [-0.05, 0) is 47.2 Å². The summed E-state index contributed by atoms with van der Waals surface area (Å²) < 4.78 is 0. The Morgan fingerprint density at radius 2 is 1.94 bits per heavy atom. The van der Waals surface area contributed by atoms with Crippen molar-refractivity contribution in [2.24, 2.45) is 16.3 Å². The van der Waals surface area contributed by atoms with Gasteiger partial charge in [-0.15, -0.1) is 0 Å². The number of amides is 1. The minimum Gasteiger partial charge on any atom is -0.302 e. The zero-order chi connectivity index (χ0) is 22.5. The minimum absolute atomic E-state index is 0.0748. The van der Waals surface area contributed by atoms with Crippen LogP contribution in [0.4, 0.5) is 11.4 Å². The van der Waals surface area contributed by atoms with E-state index in [1.165, 1.54) is 6.92 Å². The molecule has 2 aromatic carbocycles. The van der Waals surface area contributed by atoms with Gasteiger partial charge in [-0.25, -0.2) is 0 Å². The van der Waals surface area contributed by atoms with E-state index in [2.05, 4.69) is 29.8 Å². The van der Waals surface area contributed by atoms with Gasteiger partial charge in [0.15, 0.2) is 0 Å². The quantitative estimate of drug-likeness (QED) is 0.396. The summed E-state index contributed by atoms with van der Waals surface area (Å²) >= 11 is 16.3. The molecule has 1 aliphatic heterocycles. The maximum atomic E-state index is 13.5. The van der Waals surface area contributed by atoms with Crippen LogP contribution >= 0.6 is 39.1 Å². The van der Waals surface area contributed by atoms with E-state index in [4.69, 9.17) is 28.2 Å². The first kappa shape index (κ1) is 22.5. The molecule has 1 amide bonds. The van der Waals surface area contributed by atoms with Gasteiger partial charge in [-0.3, -0.25) is 14.6 Å². The van der Waals surface area contributed by atoms with E-state index in [0.717, 1.165) is 11.3 Å². The minimum atomic E-state index is -0.583. The largest absolute Gasteiger partial charge is 0.302 e. The number of fused-ring (bicyclic) bond motifs is 2. The molecule has 2 atom stereocenters. The molecule has 1 saturated carbocycles. The molecule has 0 spiro atoms. The fraction of sp³-hybridized carbons (Fsp3) is 0.375. The van der Waals surface area contributed by atoms with E-state index in [1.54, 1.807) is 17.0 Å². The standard InChI is InChI=1S/C24H23BrCl2N2O2/c1-13(30)29-20-7-4-14(12-25)8-18(20)28-19-10-24(2,3)11-21(31)22(19)23(29)16-6-5-15(26)9-17(16)27/h4-9,22-23H,10-12H2,1-3H3. The molecule has 0 N–H and O–H groups in total. The zero-order valence-electron chi connectivity index (χ0n) is 17.6. The van der Waals surface area contributed by atoms with Gasteiger partial charge >= 0.3 is 0 Å². The zero-order valence-corrected chi connectivity index (χ0v) is 20.7. The first-order valence-corrected chi connectivity index (χ1v) is 12.0. The third-order valence-electron chi connectivity index (χ3n) is 5.95. The van der Waals surface area contributed by atoms with Crippen molar-refractivity contribution in [3.63, 3.8) is 0 Å². The number of rotatable bonds is 2. The third kappa shape index (κ3) is 4.20. The Balaban J connectivity index is 2.02. The Labute approximate surface area is 200 Å². The van der Waals surface area contributed by atoms with Crippen molar-refractivity contribution < 1.29 is 9.59 Å². The fourth-order valence-electron chi connectivity index (χ4n) is 4.72. The predicted molar refractivity (Wildman–Crippen MR) is 130 cm³/mol. The molecular weight excluding hydrogens is 499 g/mol. The van der Waals surface area contributed by atoms with E-state index < -0.39 is 12.0 Å². The maximum Gasteiger partial charge on any atom is 0.224 e. The van der Waals surface area contributed by atoms with Crippen molar-refractivity contribution in [1.82, 2.24) is 0 Å². The molecular formula is C24H23BrCl2N2O2. The van der Waals surface area contributed by atoms with Crippen LogP contribution in [-0.2, 0) is 14.9 Å². The monoisotopic (exact) mass is 520 g/mol. The highest BCUT2D eigenvalue weighted by molar-refractivity contribution is 9.08. The van der Waals surface area contributed by atoms with Crippen LogP contribution in [0.2, 0.25) is 10.0 Å². The average Bonchev–Trinajstić information content (AvgIpc) is 2.80. The number of Topliss-reactive ketones (excluding diaryl/α,β-unsaturated/α-hetero) is 1. The molecule has 0 bridgehead atoms. The van der Waals surface area contributed by atoms with Crippen molar-refractivity contribution in [2.75, 3.05) is 4.90 Å². The number of carbonyl (C=O) groups excluding carboxylic acids is 2. The van der Waals surface area contributed by atoms with E-state index in [0.29, 0.717) is 45.2 Å². The lowest BCUT2D eigenvalue weighted by Gasteiger charge is -2.41. The lowest BCUT2D eigenvalue weighted by molar-refractivity contribution is -0.124. The Morgan fingerprint density at radius 1 is 1.19 bits per heavy atom. The second-order valence-corrected chi connectivity index (χ2v) is 10.4. The number of anilines is 1. The van der Waals surface area contributed by atoms with Gasteiger partial charge in [0.1, 0.15) is 5.78 Å². The first-order valence-electron chi connectivity index (χ1n) is 10.1. The topological polar surface area (TPSA) is 49.7 Å². The first-order chi connectivity index (χ1) is 14.6. The molecule has 162 valence electrons. The van der Waals surface area contributed by atoms with Gasteiger partial charge in [0.2, 0.25) is 5.91 Å². The van der Waals surface area contributed by atoms with Gasteiger partial charge in [0.05, 0.1) is 23.3 Å². The van der Waals surface area contributed by atoms with Crippen LogP contribution in [0, 0.1) is 11.3 Å². The molecule has 1 aliphatic carbocycles. The summed E-state index contributed by atoms with van der Waals surface area (Å²) in [6, 6.07) is 10.5. The number of nitrogens with zero attached hydrogens (tertiary/aromatic N) is 2. The lowest BCUT2D eigenvalue weighted by atomic mass is 9.68. The van der Waals surface area contributed by atoms with Gasteiger partial charge in [0, 0.05) is 34.4 Å². The SMILES string of the molecule is CC(=O)N1c2ccc(CBr)cc2N=C2CC(C)(C)CC(=O)C2C1c1ccc(Cl)cc1Cl. The number of alkyl halides is 1. The highest BCUT2D eigenvalue weighted by Gasteiger charge is 2.47. The lowest BCUT2D eigenvalue weighted by Crippen LogP contribution is -2.47. The van der Waals surface area contributed by atoms with Crippen LogP contribution in [0.25, 0.3) is 0 Å². The number of benzene rings is 2. The molecule has 0 radical (unpaired) electrons. The summed E-state index contributed by atoms with van der Waals surface area (Å²) in [5.41, 5.74) is 3.73. The molecule has 4 rings (SSSR count). The average molecular weight is 522 g/mol. The van der Waals surface area contributed by atoms with Crippen LogP contribution in [0.1, 0.15) is 50.8 Å². The molecule has 2 unspecified atom stereocenters. The third-order valence-corrected chi connectivity index (χ3v) is 7.16. The van der Waals surface area contributed by atoms with Crippen molar-refractivity contribution in [1.29, 1.82) is 0 Å². The highest BCUT2D eigenvalue weighted by atomic mass is 79.9. The van der Waals surface area contributed by atoms with Crippen LogP contribution in [0.3, 0.4) is 0 Å². The molecule has 1 heterocycles. The fourth-order valence-corrected chi connectivity index (χ4v) is 5.59. The van der Waals surface area contributed by atoms with Crippen LogP contribution in [0.15, 0.2) is 41.4 Å². The second-order valence-electron chi connectivity index (χ2n) is 9.02. The molecule has 7 heteroatoms. The van der Waals surface area contributed by atoms with Gasteiger partial charge in [-0.2, -0.15) is 0 Å². The summed E-state index contributed by atoms with van der Waals surface area (Å²) in [6.07, 6.45) is 1.10. The normalized spacial score (nSPS) is 22.3. The number of hydrogen-bond acceptors (Lipinski definition) is 3. The molecule has 0 aromatic heterocycles. The number of carbonyl (C=O) groups is 2. The van der Waals surface area contributed by atoms with E-state index in [9.17, 15) is 9.59 Å². The number of hydrogen-bond donors (Lipinski definition) is 0. The number of ketones is 1. The van der Waals surface area contributed by atoms with Gasteiger partial charge in [-0.1, -0.05) is 65.1 Å². The molecule has 2 aliphatic rings. The van der Waals surface area contributed by atoms with E-state index >= 15 is 0 Å². The predicted octanol–water partition coefficient (Wildman–Crippen LogP) is 7.07. The summed E-state index contributed by atoms with van der Waals surface area (Å²) in [4.78, 5) is 33.2. The molecule has 4 nitrogen and oxygen atoms in total. The van der Waals surface area contributed by atoms with Gasteiger partial charge < -0.3 is 4.90 Å². The Morgan fingerprint density at radius 3 is 2.58 bits per heavy atom. The summed E-state index contributed by atoms with van der Waals surface area (Å²) in [7, 11) is 0. The van der Waals surface area contributed by atoms with Crippen molar-refractivity contribution in [3.8, 4) is 0 Å². The van der Waals surface area contributed by atoms with Crippen molar-refractivity contribution in [2.45, 2.75) is 45.0 Å². The maximum absolute atomic E-state index is 13.5. The van der Waals surface area contributed by atoms with Crippen molar-refractivity contribution in [3.05, 3.63) is 57.6 Å². The molecule has 2 aromatic rings. The second kappa shape index (κ2) is 8.34. The molecule has 1 fully saturated rings. The van der Waals surface area contributed by atoms with Crippen molar-refractivity contribution >= 4 is 67.9 Å². The van der Waals surface area contributed by atoms with E-state index in [-0.39, 0.29) is 17.1 Å².